The lowest BCUT2D eigenvalue weighted by molar-refractivity contribution is -0.647. The molecule has 152 valence electrons. The van der Waals surface area contributed by atoms with E-state index >= 15 is 0 Å². The lowest BCUT2D eigenvalue weighted by Gasteiger charge is -2.37. The van der Waals surface area contributed by atoms with Gasteiger partial charge in [-0.3, -0.25) is 0 Å². The number of aliphatic hydroxyl groups is 1. The SMILES string of the molecule is OCC[n+]1c2ccccc2nc2ccc(N3CCN(c4cccc(Cl)c4)CC3)cc21. The van der Waals surface area contributed by atoms with Crippen LogP contribution in [0, 0.1) is 0 Å². The first kappa shape index (κ1) is 19.1. The molecule has 4 aromatic rings. The van der Waals surface area contributed by atoms with E-state index in [-0.39, 0.29) is 6.61 Å². The van der Waals surface area contributed by atoms with Gasteiger partial charge in [-0.25, -0.2) is 4.98 Å². The minimum absolute atomic E-state index is 0.0936. The summed E-state index contributed by atoms with van der Waals surface area (Å²) in [5.41, 5.74) is 6.36. The highest BCUT2D eigenvalue weighted by molar-refractivity contribution is 6.30. The quantitative estimate of drug-likeness (QED) is 0.405. The summed E-state index contributed by atoms with van der Waals surface area (Å²) in [4.78, 5) is 9.62. The molecule has 0 aliphatic carbocycles. The van der Waals surface area contributed by atoms with Crippen LogP contribution < -0.4 is 14.4 Å². The molecule has 5 rings (SSSR count). The van der Waals surface area contributed by atoms with Crippen molar-refractivity contribution in [3.05, 3.63) is 71.8 Å². The molecule has 6 heteroatoms. The second-order valence-corrected chi connectivity index (χ2v) is 8.04. The first-order valence-corrected chi connectivity index (χ1v) is 10.7. The number of piperazine rings is 1. The summed E-state index contributed by atoms with van der Waals surface area (Å²) in [5, 5.41) is 10.4. The van der Waals surface area contributed by atoms with Crippen molar-refractivity contribution in [1.29, 1.82) is 0 Å². The van der Waals surface area contributed by atoms with Gasteiger partial charge in [0.05, 0.1) is 0 Å². The monoisotopic (exact) mass is 419 g/mol. The Hall–Kier alpha value is -2.89. The number of halogens is 1. The zero-order valence-corrected chi connectivity index (χ0v) is 17.5. The zero-order valence-electron chi connectivity index (χ0n) is 16.7. The second-order valence-electron chi connectivity index (χ2n) is 7.60. The molecular weight excluding hydrogens is 396 g/mol. The Balaban J connectivity index is 1.45. The third kappa shape index (κ3) is 3.55. The second kappa shape index (κ2) is 8.09. The standard InChI is InChI=1S/C24H24ClN4O/c25-18-4-3-5-19(16-18)27-10-12-28(13-11-27)20-8-9-22-24(17-20)29(14-15-30)23-7-2-1-6-21(23)26-22/h1-9,16-17,30H,10-15H2/q+1. The number of nitrogens with zero attached hydrogens (tertiary/aromatic N) is 4. The van der Waals surface area contributed by atoms with Crippen LogP contribution in [0.3, 0.4) is 0 Å². The molecule has 0 radical (unpaired) electrons. The van der Waals surface area contributed by atoms with Crippen molar-refractivity contribution in [2.45, 2.75) is 6.54 Å². The Bertz CT molecular complexity index is 1200. The molecular formula is C24H24ClN4O+. The van der Waals surface area contributed by atoms with Crippen LogP contribution in [-0.4, -0.2) is 42.9 Å². The summed E-state index contributed by atoms with van der Waals surface area (Å²) in [6.07, 6.45) is 0. The Morgan fingerprint density at radius 1 is 0.800 bits per heavy atom. The molecule has 0 unspecified atom stereocenters. The molecule has 0 bridgehead atoms. The summed E-state index contributed by atoms with van der Waals surface area (Å²) in [5.74, 6) is 0. The van der Waals surface area contributed by atoms with Crippen LogP contribution in [0.4, 0.5) is 11.4 Å². The van der Waals surface area contributed by atoms with Gasteiger partial charge in [-0.1, -0.05) is 29.8 Å². The lowest BCUT2D eigenvalue weighted by Crippen LogP contribution is -2.46. The van der Waals surface area contributed by atoms with Crippen molar-refractivity contribution in [3.63, 3.8) is 0 Å². The van der Waals surface area contributed by atoms with Gasteiger partial charge in [0, 0.05) is 54.7 Å². The molecule has 1 aromatic heterocycles. The van der Waals surface area contributed by atoms with Crippen LogP contribution in [-0.2, 0) is 6.54 Å². The van der Waals surface area contributed by atoms with Gasteiger partial charge < -0.3 is 14.9 Å². The highest BCUT2D eigenvalue weighted by Crippen LogP contribution is 2.25. The molecule has 30 heavy (non-hydrogen) atoms. The lowest BCUT2D eigenvalue weighted by atomic mass is 10.2. The first-order valence-electron chi connectivity index (χ1n) is 10.3. The van der Waals surface area contributed by atoms with Crippen molar-refractivity contribution >= 4 is 45.0 Å². The molecule has 2 heterocycles. The van der Waals surface area contributed by atoms with Gasteiger partial charge in [-0.05, 0) is 36.4 Å². The van der Waals surface area contributed by atoms with Gasteiger partial charge in [-0.15, -0.1) is 0 Å². The molecule has 0 amide bonds. The summed E-state index contributed by atoms with van der Waals surface area (Å²) in [6, 6.07) is 22.6. The number of hydrogen-bond acceptors (Lipinski definition) is 4. The highest BCUT2D eigenvalue weighted by Gasteiger charge is 2.21. The van der Waals surface area contributed by atoms with Crippen molar-refractivity contribution in [1.82, 2.24) is 4.98 Å². The predicted octanol–water partition coefficient (Wildman–Crippen LogP) is 3.65. The molecule has 3 aromatic carbocycles. The van der Waals surface area contributed by atoms with Gasteiger partial charge >= 0.3 is 0 Å². The molecule has 0 atom stereocenters. The van der Waals surface area contributed by atoms with Crippen molar-refractivity contribution < 1.29 is 9.67 Å². The number of rotatable bonds is 4. The van der Waals surface area contributed by atoms with Gasteiger partial charge in [0.15, 0.2) is 6.54 Å². The van der Waals surface area contributed by atoms with E-state index in [4.69, 9.17) is 16.6 Å². The fourth-order valence-corrected chi connectivity index (χ4v) is 4.49. The maximum Gasteiger partial charge on any atom is 0.233 e. The zero-order chi connectivity index (χ0) is 20.5. The van der Waals surface area contributed by atoms with Gasteiger partial charge in [0.2, 0.25) is 11.0 Å². The summed E-state index contributed by atoms with van der Waals surface area (Å²) in [6.45, 7) is 4.43. The van der Waals surface area contributed by atoms with Crippen LogP contribution in [0.2, 0.25) is 5.02 Å². The summed E-state index contributed by atoms with van der Waals surface area (Å²) in [7, 11) is 0. The number of para-hydroxylation sites is 2. The Morgan fingerprint density at radius 2 is 1.50 bits per heavy atom. The molecule has 1 aliphatic heterocycles. The van der Waals surface area contributed by atoms with E-state index in [0.717, 1.165) is 53.3 Å². The summed E-state index contributed by atoms with van der Waals surface area (Å²) >= 11 is 6.16. The van der Waals surface area contributed by atoms with Crippen LogP contribution in [0.25, 0.3) is 22.1 Å². The maximum atomic E-state index is 9.65. The highest BCUT2D eigenvalue weighted by atomic mass is 35.5. The summed E-state index contributed by atoms with van der Waals surface area (Å²) < 4.78 is 2.17. The number of aliphatic hydroxyl groups excluding tert-OH is 1. The minimum atomic E-state index is 0.0936. The Morgan fingerprint density at radius 3 is 2.23 bits per heavy atom. The van der Waals surface area contributed by atoms with E-state index in [1.54, 1.807) is 0 Å². The third-order valence-corrected chi connectivity index (χ3v) is 6.04. The smallest absolute Gasteiger partial charge is 0.233 e. The fraction of sp³-hybridized carbons (Fsp3) is 0.250. The van der Waals surface area contributed by atoms with Crippen LogP contribution in [0.15, 0.2) is 66.7 Å². The molecule has 0 spiro atoms. The normalized spacial score (nSPS) is 14.6. The number of anilines is 2. The van der Waals surface area contributed by atoms with E-state index in [0.29, 0.717) is 6.54 Å². The van der Waals surface area contributed by atoms with E-state index in [1.807, 2.05) is 36.4 Å². The number of benzene rings is 3. The third-order valence-electron chi connectivity index (χ3n) is 5.80. The maximum absolute atomic E-state index is 9.65. The van der Waals surface area contributed by atoms with Crippen LogP contribution in [0.5, 0.6) is 0 Å². The van der Waals surface area contributed by atoms with Crippen LogP contribution in [0.1, 0.15) is 0 Å². The van der Waals surface area contributed by atoms with Gasteiger partial charge in [-0.2, -0.15) is 4.57 Å². The molecule has 1 aliphatic rings. The first-order chi connectivity index (χ1) is 14.7. The van der Waals surface area contributed by atoms with E-state index in [1.165, 1.54) is 11.4 Å². The minimum Gasteiger partial charge on any atom is -0.390 e. The topological polar surface area (TPSA) is 43.5 Å². The number of hydrogen-bond donors (Lipinski definition) is 1. The van der Waals surface area contributed by atoms with E-state index in [9.17, 15) is 5.11 Å². The molecule has 1 saturated heterocycles. The molecule has 5 nitrogen and oxygen atoms in total. The fourth-order valence-electron chi connectivity index (χ4n) is 4.30. The number of fused-ring (bicyclic) bond motifs is 2. The number of aromatic nitrogens is 2. The predicted molar refractivity (Wildman–Crippen MR) is 122 cm³/mol. The average molecular weight is 420 g/mol. The average Bonchev–Trinajstić information content (AvgIpc) is 2.79. The van der Waals surface area contributed by atoms with Crippen molar-refractivity contribution in [2.75, 3.05) is 42.6 Å². The molecule has 0 saturated carbocycles. The molecule has 1 fully saturated rings. The van der Waals surface area contributed by atoms with E-state index < -0.39 is 0 Å². The van der Waals surface area contributed by atoms with Crippen molar-refractivity contribution in [2.24, 2.45) is 0 Å². The van der Waals surface area contributed by atoms with Gasteiger partial charge in [0.25, 0.3) is 0 Å². The van der Waals surface area contributed by atoms with Crippen molar-refractivity contribution in [3.8, 4) is 0 Å². The Labute approximate surface area is 180 Å². The van der Waals surface area contributed by atoms with Gasteiger partial charge in [0.1, 0.15) is 17.6 Å². The van der Waals surface area contributed by atoms with Crippen LogP contribution >= 0.6 is 11.6 Å². The molecule has 1 N–H and O–H groups in total. The largest absolute Gasteiger partial charge is 0.390 e. The Kier molecular flexibility index (Phi) is 5.15. The van der Waals surface area contributed by atoms with E-state index in [2.05, 4.69) is 44.7 Å².